The Morgan fingerprint density at radius 1 is 0.938 bits per heavy atom. The van der Waals surface area contributed by atoms with Crippen LogP contribution in [0.15, 0.2) is 83.8 Å². The van der Waals surface area contributed by atoms with E-state index >= 15 is 0 Å². The maximum atomic E-state index is 13.3. The number of rotatable bonds is 11. The van der Waals surface area contributed by atoms with Crippen molar-refractivity contribution < 1.29 is 23.0 Å². The van der Waals surface area contributed by atoms with Crippen molar-refractivity contribution in [2.45, 2.75) is 24.2 Å². The van der Waals surface area contributed by atoms with Crippen LogP contribution in [0.1, 0.15) is 11.1 Å². The van der Waals surface area contributed by atoms with Crippen molar-refractivity contribution in [1.82, 2.24) is 4.31 Å². The molecule has 0 amide bonds. The van der Waals surface area contributed by atoms with Gasteiger partial charge in [-0.1, -0.05) is 54.1 Å². The van der Waals surface area contributed by atoms with Gasteiger partial charge < -0.3 is 14.6 Å². The van der Waals surface area contributed by atoms with Crippen LogP contribution in [-0.2, 0) is 27.9 Å². The first-order chi connectivity index (χ1) is 15.4. The number of aliphatic hydroxyl groups is 1. The quantitative estimate of drug-likeness (QED) is 0.451. The fourth-order valence-electron chi connectivity index (χ4n) is 3.11. The predicted octanol–water partition coefficient (Wildman–Crippen LogP) is 4.12. The Morgan fingerprint density at radius 2 is 1.59 bits per heavy atom. The largest absolute Gasteiger partial charge is 0.497 e. The lowest BCUT2D eigenvalue weighted by Crippen LogP contribution is -2.38. The molecule has 32 heavy (non-hydrogen) atoms. The minimum Gasteiger partial charge on any atom is -0.497 e. The topological polar surface area (TPSA) is 76.1 Å². The summed E-state index contributed by atoms with van der Waals surface area (Å²) >= 11 is 5.91. The summed E-state index contributed by atoms with van der Waals surface area (Å²) in [6.07, 6.45) is -1.00. The highest BCUT2D eigenvalue weighted by atomic mass is 35.5. The highest BCUT2D eigenvalue weighted by Crippen LogP contribution is 2.21. The molecule has 0 radical (unpaired) electrons. The minimum atomic E-state index is -3.85. The van der Waals surface area contributed by atoms with Crippen molar-refractivity contribution in [2.75, 3.05) is 20.3 Å². The van der Waals surface area contributed by atoms with Crippen LogP contribution in [0.3, 0.4) is 0 Å². The van der Waals surface area contributed by atoms with E-state index in [2.05, 4.69) is 0 Å². The molecule has 0 bridgehead atoms. The molecule has 0 aromatic heterocycles. The van der Waals surface area contributed by atoms with Gasteiger partial charge in [0.25, 0.3) is 0 Å². The summed E-state index contributed by atoms with van der Waals surface area (Å²) in [7, 11) is -2.25. The Bertz CT molecular complexity index is 1070. The van der Waals surface area contributed by atoms with Gasteiger partial charge in [0.1, 0.15) is 5.75 Å². The van der Waals surface area contributed by atoms with Crippen molar-refractivity contribution in [3.63, 3.8) is 0 Å². The van der Waals surface area contributed by atoms with E-state index in [0.717, 1.165) is 16.9 Å². The minimum absolute atomic E-state index is 0.00649. The molecule has 1 N–H and O–H groups in total. The molecular weight excluding hydrogens is 450 g/mol. The first kappa shape index (κ1) is 24.2. The van der Waals surface area contributed by atoms with E-state index in [9.17, 15) is 13.5 Å². The summed E-state index contributed by atoms with van der Waals surface area (Å²) in [6, 6.07) is 22.6. The predicted molar refractivity (Wildman–Crippen MR) is 124 cm³/mol. The zero-order chi connectivity index (χ0) is 23.0. The van der Waals surface area contributed by atoms with Crippen molar-refractivity contribution >= 4 is 21.6 Å². The van der Waals surface area contributed by atoms with Crippen LogP contribution >= 0.6 is 11.6 Å². The van der Waals surface area contributed by atoms with E-state index in [1.54, 1.807) is 7.11 Å². The lowest BCUT2D eigenvalue weighted by Gasteiger charge is -2.25. The standard InChI is InChI=1S/C24H26ClNO5S/c1-30-23-11-7-20(8-12-23)17-31-18-22(27)16-26(15-19-5-3-2-4-6-19)32(28,29)24-13-9-21(25)10-14-24/h2-14,22,27H,15-18H2,1H3/t22-/m0/s1. The summed E-state index contributed by atoms with van der Waals surface area (Å²) in [5.74, 6) is 0.748. The van der Waals surface area contributed by atoms with Gasteiger partial charge in [-0.05, 0) is 47.5 Å². The third kappa shape index (κ3) is 6.79. The third-order valence-electron chi connectivity index (χ3n) is 4.81. The maximum Gasteiger partial charge on any atom is 0.243 e. The molecule has 0 spiro atoms. The third-order valence-corrected chi connectivity index (χ3v) is 6.88. The molecule has 1 atom stereocenters. The number of hydrogen-bond acceptors (Lipinski definition) is 5. The molecule has 0 aliphatic heterocycles. The molecule has 8 heteroatoms. The SMILES string of the molecule is COc1ccc(COC[C@@H](O)CN(Cc2ccccc2)S(=O)(=O)c2ccc(Cl)cc2)cc1. The van der Waals surface area contributed by atoms with Crippen LogP contribution in [0.2, 0.25) is 5.02 Å². The molecule has 0 fully saturated rings. The van der Waals surface area contributed by atoms with E-state index in [1.807, 2.05) is 54.6 Å². The zero-order valence-corrected chi connectivity index (χ0v) is 19.3. The number of nitrogens with zero attached hydrogens (tertiary/aromatic N) is 1. The normalized spacial score (nSPS) is 12.6. The highest BCUT2D eigenvalue weighted by Gasteiger charge is 2.27. The molecule has 0 saturated carbocycles. The Kier molecular flexibility index (Phi) is 8.67. The van der Waals surface area contributed by atoms with Crippen LogP contribution in [0, 0.1) is 0 Å². The second kappa shape index (κ2) is 11.4. The van der Waals surface area contributed by atoms with E-state index < -0.39 is 16.1 Å². The van der Waals surface area contributed by atoms with Crippen LogP contribution in [0.25, 0.3) is 0 Å². The van der Waals surface area contributed by atoms with Gasteiger partial charge >= 0.3 is 0 Å². The molecular formula is C24H26ClNO5S. The number of hydrogen-bond donors (Lipinski definition) is 1. The van der Waals surface area contributed by atoms with E-state index in [0.29, 0.717) is 11.6 Å². The molecule has 0 heterocycles. The summed E-state index contributed by atoms with van der Waals surface area (Å²) < 4.78 is 38.5. The molecule has 0 saturated heterocycles. The average molecular weight is 476 g/mol. The average Bonchev–Trinajstić information content (AvgIpc) is 2.80. The molecule has 0 aliphatic rings. The number of methoxy groups -OCH3 is 1. The zero-order valence-electron chi connectivity index (χ0n) is 17.7. The number of ether oxygens (including phenoxy) is 2. The van der Waals surface area contributed by atoms with Gasteiger partial charge in [-0.25, -0.2) is 8.42 Å². The second-order valence-electron chi connectivity index (χ2n) is 7.25. The van der Waals surface area contributed by atoms with Crippen molar-refractivity contribution in [3.05, 3.63) is 95.0 Å². The van der Waals surface area contributed by atoms with Gasteiger partial charge in [-0.15, -0.1) is 0 Å². The van der Waals surface area contributed by atoms with Gasteiger partial charge in [-0.3, -0.25) is 0 Å². The molecule has 3 aromatic rings. The lowest BCUT2D eigenvalue weighted by atomic mass is 10.2. The molecule has 170 valence electrons. The van der Waals surface area contributed by atoms with E-state index in [1.165, 1.54) is 28.6 Å². The van der Waals surface area contributed by atoms with Crippen molar-refractivity contribution in [3.8, 4) is 5.75 Å². The smallest absolute Gasteiger partial charge is 0.243 e. The Labute approximate surface area is 194 Å². The monoisotopic (exact) mass is 475 g/mol. The van der Waals surface area contributed by atoms with Gasteiger partial charge in [-0.2, -0.15) is 4.31 Å². The van der Waals surface area contributed by atoms with Gasteiger partial charge in [0.05, 0.1) is 31.3 Å². The lowest BCUT2D eigenvalue weighted by molar-refractivity contribution is 0.0196. The maximum absolute atomic E-state index is 13.3. The number of aliphatic hydroxyl groups excluding tert-OH is 1. The van der Waals surface area contributed by atoms with Crippen LogP contribution < -0.4 is 4.74 Å². The van der Waals surface area contributed by atoms with Crippen molar-refractivity contribution in [1.29, 1.82) is 0 Å². The molecule has 0 aliphatic carbocycles. The fourth-order valence-corrected chi connectivity index (χ4v) is 4.70. The Hall–Kier alpha value is -2.42. The highest BCUT2D eigenvalue weighted by molar-refractivity contribution is 7.89. The molecule has 6 nitrogen and oxygen atoms in total. The number of benzene rings is 3. The molecule has 0 unspecified atom stereocenters. The molecule has 3 aromatic carbocycles. The first-order valence-corrected chi connectivity index (χ1v) is 11.9. The number of sulfonamides is 1. The van der Waals surface area contributed by atoms with E-state index in [-0.39, 0.29) is 24.6 Å². The molecule has 3 rings (SSSR count). The number of halogens is 1. The van der Waals surface area contributed by atoms with E-state index in [4.69, 9.17) is 21.1 Å². The first-order valence-electron chi connectivity index (χ1n) is 10.1. The Morgan fingerprint density at radius 3 is 2.22 bits per heavy atom. The Balaban J connectivity index is 1.67. The second-order valence-corrected chi connectivity index (χ2v) is 9.63. The van der Waals surface area contributed by atoms with Gasteiger partial charge in [0.2, 0.25) is 10.0 Å². The summed E-state index contributed by atoms with van der Waals surface area (Å²) in [6.45, 7) is 0.306. The summed E-state index contributed by atoms with van der Waals surface area (Å²) in [4.78, 5) is 0.115. The van der Waals surface area contributed by atoms with Crippen LogP contribution in [-0.4, -0.2) is 44.2 Å². The van der Waals surface area contributed by atoms with Gasteiger partial charge in [0.15, 0.2) is 0 Å². The van der Waals surface area contributed by atoms with Crippen molar-refractivity contribution in [2.24, 2.45) is 0 Å². The van der Waals surface area contributed by atoms with Gasteiger partial charge in [0, 0.05) is 18.1 Å². The van der Waals surface area contributed by atoms with Crippen LogP contribution in [0.5, 0.6) is 5.75 Å². The summed E-state index contributed by atoms with van der Waals surface area (Å²) in [5.41, 5.74) is 1.74. The summed E-state index contributed by atoms with van der Waals surface area (Å²) in [5, 5.41) is 11.0. The fraction of sp³-hybridized carbons (Fsp3) is 0.250. The van der Waals surface area contributed by atoms with Crippen LogP contribution in [0.4, 0.5) is 0 Å².